The van der Waals surface area contributed by atoms with Crippen LogP contribution in [-0.2, 0) is 6.04 Å². The number of hydrogen-bond donors (Lipinski definition) is 0. The van der Waals surface area contributed by atoms with Gasteiger partial charge in [0.25, 0.3) is 0 Å². The van der Waals surface area contributed by atoms with Gasteiger partial charge >= 0.3 is 0 Å². The maximum atomic E-state index is 2.49. The third-order valence-corrected chi connectivity index (χ3v) is 20.1. The first-order valence-corrected chi connectivity index (χ1v) is 24.9. The zero-order valence-electron chi connectivity index (χ0n) is 27.3. The summed E-state index contributed by atoms with van der Waals surface area (Å²) in [6, 6.07) is 63.1. The van der Waals surface area contributed by atoms with E-state index in [1.165, 1.54) is 47.8 Å². The average Bonchev–Trinajstić information content (AvgIpc) is 3.08. The molecule has 0 unspecified atom stereocenters. The lowest BCUT2D eigenvalue weighted by Crippen LogP contribution is -2.68. The van der Waals surface area contributed by atoms with E-state index in [0.29, 0.717) is 0 Å². The molecule has 0 fully saturated rings. The van der Waals surface area contributed by atoms with Crippen molar-refractivity contribution >= 4 is 55.3 Å². The Hall–Kier alpha value is -4.03. The smallest absolute Gasteiger partial charge is 0.0656 e. The Morgan fingerprint density at radius 1 is 0.356 bits per heavy atom. The van der Waals surface area contributed by atoms with Crippen LogP contribution in [0.1, 0.15) is 5.56 Å². The predicted octanol–water partition coefficient (Wildman–Crippen LogP) is 6.97. The van der Waals surface area contributed by atoms with Crippen molar-refractivity contribution in [2.75, 3.05) is 0 Å². The molecule has 0 atom stereocenters. The molecule has 0 radical (unpaired) electrons. The maximum absolute atomic E-state index is 2.49. The van der Waals surface area contributed by atoms with Gasteiger partial charge in [-0.1, -0.05) is 212 Å². The molecule has 0 spiro atoms. The molecule has 0 aromatic heterocycles. The highest BCUT2D eigenvalue weighted by atomic mass is 28.3. The molecule has 0 saturated carbocycles. The fraction of sp³-hybridized carbons (Fsp3) is 0.143. The van der Waals surface area contributed by atoms with Crippen molar-refractivity contribution < 1.29 is 0 Å². The summed E-state index contributed by atoms with van der Waals surface area (Å²) in [6.07, 6.45) is 0. The standard InChI is InChI=1S/C42H44Si3/c1-43(2,3)37-30-26-35(27-31-37)36-16-15-23-42(32-36)44(4,5)38-28-24-34(25-29-38)33-45(39-17-9-6-10-18-39,40-19-11-7-12-20-40)41-21-13-8-14-22-41/h6-32H,33H2,1-5H3. The van der Waals surface area contributed by atoms with Crippen LogP contribution in [0.15, 0.2) is 164 Å². The molecule has 224 valence electrons. The normalized spacial score (nSPS) is 12.2. The van der Waals surface area contributed by atoms with Crippen molar-refractivity contribution in [2.24, 2.45) is 0 Å². The third kappa shape index (κ3) is 6.39. The molecule has 3 heteroatoms. The second-order valence-electron chi connectivity index (χ2n) is 13.9. The van der Waals surface area contributed by atoms with E-state index in [-0.39, 0.29) is 0 Å². The molecule has 0 aliphatic carbocycles. The summed E-state index contributed by atoms with van der Waals surface area (Å²) in [4.78, 5) is 0. The molecule has 0 aliphatic heterocycles. The molecule has 6 aromatic carbocycles. The Kier molecular flexibility index (Phi) is 8.78. The summed E-state index contributed by atoms with van der Waals surface area (Å²) in [5.41, 5.74) is 4.03. The number of rotatable bonds is 9. The van der Waals surface area contributed by atoms with Crippen molar-refractivity contribution in [3.05, 3.63) is 169 Å². The molecule has 0 N–H and O–H groups in total. The first-order chi connectivity index (χ1) is 21.7. The van der Waals surface area contributed by atoms with Crippen molar-refractivity contribution in [2.45, 2.75) is 38.8 Å². The van der Waals surface area contributed by atoms with Crippen molar-refractivity contribution in [1.82, 2.24) is 0 Å². The molecule has 6 aromatic rings. The Labute approximate surface area is 273 Å². The fourth-order valence-electron chi connectivity index (χ4n) is 6.74. The predicted molar refractivity (Wildman–Crippen MR) is 206 cm³/mol. The first-order valence-electron chi connectivity index (χ1n) is 16.2. The zero-order chi connectivity index (χ0) is 31.5. The van der Waals surface area contributed by atoms with Gasteiger partial charge in [0.1, 0.15) is 8.07 Å². The summed E-state index contributed by atoms with van der Waals surface area (Å²) in [6.45, 7) is 12.2. The Morgan fingerprint density at radius 3 is 1.27 bits per heavy atom. The monoisotopic (exact) mass is 632 g/mol. The lowest BCUT2D eigenvalue weighted by molar-refractivity contribution is 1.35. The van der Waals surface area contributed by atoms with Crippen LogP contribution < -0.4 is 31.1 Å². The largest absolute Gasteiger partial charge is 0.152 e. The summed E-state index contributed by atoms with van der Waals surface area (Å²) in [7, 11) is -5.57. The Bertz CT molecular complexity index is 1740. The van der Waals surface area contributed by atoms with Gasteiger partial charge in [-0.05, 0) is 38.3 Å². The van der Waals surface area contributed by atoms with Gasteiger partial charge in [-0.3, -0.25) is 0 Å². The van der Waals surface area contributed by atoms with E-state index in [1.807, 2.05) is 0 Å². The van der Waals surface area contributed by atoms with E-state index in [0.717, 1.165) is 6.04 Å². The molecule has 0 bridgehead atoms. The van der Waals surface area contributed by atoms with Crippen LogP contribution in [0.4, 0.5) is 0 Å². The van der Waals surface area contributed by atoms with Gasteiger partial charge in [0.05, 0.1) is 8.07 Å². The molecule has 0 heterocycles. The van der Waals surface area contributed by atoms with Crippen LogP contribution in [0.3, 0.4) is 0 Å². The molecule has 0 aliphatic rings. The Balaban J connectivity index is 1.35. The maximum Gasteiger partial charge on any atom is 0.152 e. The SMILES string of the molecule is C[Si](C)(C)c1ccc(-c2cccc([Si](C)(C)c3ccc(C[Si](c4ccccc4)(c4ccccc4)c4ccccc4)cc3)c2)cc1. The van der Waals surface area contributed by atoms with Crippen molar-refractivity contribution in [3.63, 3.8) is 0 Å². The minimum absolute atomic E-state index is 1.02. The number of hydrogen-bond acceptors (Lipinski definition) is 0. The van der Waals surface area contributed by atoms with Crippen LogP contribution >= 0.6 is 0 Å². The minimum Gasteiger partial charge on any atom is -0.0656 e. The molecule has 6 rings (SSSR count). The molecule has 0 saturated heterocycles. The van der Waals surface area contributed by atoms with Gasteiger partial charge in [-0.25, -0.2) is 0 Å². The average molecular weight is 633 g/mol. The van der Waals surface area contributed by atoms with E-state index < -0.39 is 24.2 Å². The van der Waals surface area contributed by atoms with Crippen LogP contribution in [0.25, 0.3) is 11.1 Å². The van der Waals surface area contributed by atoms with E-state index in [4.69, 9.17) is 0 Å². The van der Waals surface area contributed by atoms with Gasteiger partial charge < -0.3 is 0 Å². The van der Waals surface area contributed by atoms with Gasteiger partial charge in [-0.2, -0.15) is 0 Å². The molecular weight excluding hydrogens is 589 g/mol. The molecule has 45 heavy (non-hydrogen) atoms. The quantitative estimate of drug-likeness (QED) is 0.119. The van der Waals surface area contributed by atoms with Crippen molar-refractivity contribution in [3.8, 4) is 11.1 Å². The van der Waals surface area contributed by atoms with Gasteiger partial charge in [0.2, 0.25) is 0 Å². The lowest BCUT2D eigenvalue weighted by atomic mass is 10.1. The van der Waals surface area contributed by atoms with Crippen LogP contribution in [0.5, 0.6) is 0 Å². The van der Waals surface area contributed by atoms with Crippen LogP contribution in [0, 0.1) is 0 Å². The summed E-state index contributed by atoms with van der Waals surface area (Å²) >= 11 is 0. The number of benzene rings is 6. The van der Waals surface area contributed by atoms with E-state index in [2.05, 4.69) is 197 Å². The van der Waals surface area contributed by atoms with Crippen LogP contribution in [0.2, 0.25) is 32.7 Å². The van der Waals surface area contributed by atoms with E-state index >= 15 is 0 Å². The minimum atomic E-state index is -2.34. The van der Waals surface area contributed by atoms with Gasteiger partial charge in [0.15, 0.2) is 8.07 Å². The Morgan fingerprint density at radius 2 is 0.800 bits per heavy atom. The molecule has 0 amide bonds. The highest BCUT2D eigenvalue weighted by molar-refractivity contribution is 7.11. The van der Waals surface area contributed by atoms with Crippen LogP contribution in [-0.4, -0.2) is 24.2 Å². The topological polar surface area (TPSA) is 0 Å². The van der Waals surface area contributed by atoms with E-state index in [1.54, 1.807) is 0 Å². The second kappa shape index (κ2) is 12.8. The first kappa shape index (κ1) is 31.0. The van der Waals surface area contributed by atoms with Gasteiger partial charge in [-0.15, -0.1) is 0 Å². The van der Waals surface area contributed by atoms with Crippen molar-refractivity contribution in [1.29, 1.82) is 0 Å². The second-order valence-corrected chi connectivity index (χ2v) is 27.3. The third-order valence-electron chi connectivity index (χ3n) is 9.61. The molecule has 0 nitrogen and oxygen atoms in total. The summed E-state index contributed by atoms with van der Waals surface area (Å²) in [5.74, 6) is 0. The highest BCUT2D eigenvalue weighted by Gasteiger charge is 2.39. The molecular formula is C42H44Si3. The highest BCUT2D eigenvalue weighted by Crippen LogP contribution is 2.20. The summed E-state index contributed by atoms with van der Waals surface area (Å²) in [5, 5.41) is 8.83. The summed E-state index contributed by atoms with van der Waals surface area (Å²) < 4.78 is 0. The van der Waals surface area contributed by atoms with E-state index in [9.17, 15) is 0 Å². The lowest BCUT2D eigenvalue weighted by Gasteiger charge is -2.34. The van der Waals surface area contributed by atoms with Gasteiger partial charge in [0, 0.05) is 0 Å². The fourth-order valence-corrected chi connectivity index (χ4v) is 15.0. The zero-order valence-corrected chi connectivity index (χ0v) is 30.3.